The lowest BCUT2D eigenvalue weighted by Gasteiger charge is -2.22. The third-order valence-corrected chi connectivity index (χ3v) is 8.48. The molecule has 1 N–H and O–H groups in total. The maximum absolute atomic E-state index is 9.08. The molecule has 0 aliphatic carbocycles. The van der Waals surface area contributed by atoms with Crippen molar-refractivity contribution in [3.63, 3.8) is 0 Å². The van der Waals surface area contributed by atoms with E-state index in [1.807, 2.05) is 0 Å². The van der Waals surface area contributed by atoms with Crippen molar-refractivity contribution in [2.24, 2.45) is 0 Å². The van der Waals surface area contributed by atoms with Crippen molar-refractivity contribution in [2.45, 2.75) is 58.2 Å². The summed E-state index contributed by atoms with van der Waals surface area (Å²) in [7, 11) is -1.41. The number of hydrogen-bond acceptors (Lipinski definition) is 1. The van der Waals surface area contributed by atoms with Gasteiger partial charge in [-0.2, -0.15) is 0 Å². The fourth-order valence-corrected chi connectivity index (χ4v) is 5.62. The molecule has 0 aromatic heterocycles. The van der Waals surface area contributed by atoms with Gasteiger partial charge in [-0.05, 0) is 36.0 Å². The van der Waals surface area contributed by atoms with Crippen LogP contribution < -0.4 is 5.19 Å². The summed E-state index contributed by atoms with van der Waals surface area (Å²) in [5.41, 5.74) is 4.04. The molecular formula is C22H32OSi. The molecule has 0 aliphatic heterocycles. The molecule has 0 amide bonds. The van der Waals surface area contributed by atoms with E-state index in [1.54, 1.807) is 0 Å². The van der Waals surface area contributed by atoms with Crippen molar-refractivity contribution in [1.82, 2.24) is 0 Å². The Morgan fingerprint density at radius 2 is 1.38 bits per heavy atom. The summed E-state index contributed by atoms with van der Waals surface area (Å²) in [5.74, 6) is 0. The Kier molecular flexibility index (Phi) is 7.26. The Hall–Kier alpha value is -1.38. The summed E-state index contributed by atoms with van der Waals surface area (Å²) in [6, 6.07) is 19.3. The average Bonchev–Trinajstić information content (AvgIpc) is 2.61. The summed E-state index contributed by atoms with van der Waals surface area (Å²) < 4.78 is 0. The first-order chi connectivity index (χ1) is 11.6. The van der Waals surface area contributed by atoms with E-state index in [0.717, 1.165) is 12.5 Å². The van der Waals surface area contributed by atoms with Crippen LogP contribution in [0.1, 0.15) is 38.2 Å². The molecule has 130 valence electrons. The lowest BCUT2D eigenvalue weighted by Crippen LogP contribution is -2.41. The van der Waals surface area contributed by atoms with Crippen LogP contribution in [0.5, 0.6) is 0 Å². The second-order valence-electron chi connectivity index (χ2n) is 7.44. The molecule has 2 rings (SSSR count). The van der Waals surface area contributed by atoms with Crippen LogP contribution in [0.2, 0.25) is 19.1 Å². The number of aliphatic hydroxyl groups is 1. The smallest absolute Gasteiger partial charge is 0.0807 e. The highest BCUT2D eigenvalue weighted by Crippen LogP contribution is 2.21. The van der Waals surface area contributed by atoms with Gasteiger partial charge in [-0.25, -0.2) is 0 Å². The van der Waals surface area contributed by atoms with Crippen molar-refractivity contribution < 1.29 is 5.11 Å². The second-order valence-corrected chi connectivity index (χ2v) is 12.3. The Morgan fingerprint density at radius 3 is 1.92 bits per heavy atom. The number of aliphatic hydroxyl groups excluding tert-OH is 1. The zero-order valence-corrected chi connectivity index (χ0v) is 16.5. The van der Waals surface area contributed by atoms with Crippen LogP contribution in [-0.2, 0) is 6.42 Å². The molecule has 0 heterocycles. The molecule has 0 unspecified atom stereocenters. The lowest BCUT2D eigenvalue weighted by atomic mass is 10.0. The number of benzene rings is 2. The average molecular weight is 341 g/mol. The maximum Gasteiger partial charge on any atom is 0.0807 e. The highest BCUT2D eigenvalue weighted by Gasteiger charge is 2.22. The van der Waals surface area contributed by atoms with Gasteiger partial charge in [0.1, 0.15) is 0 Å². The molecule has 0 aliphatic rings. The zero-order chi connectivity index (χ0) is 17.4. The quantitative estimate of drug-likeness (QED) is 0.480. The van der Waals surface area contributed by atoms with Crippen molar-refractivity contribution in [1.29, 1.82) is 0 Å². The van der Waals surface area contributed by atoms with Crippen molar-refractivity contribution in [3.05, 3.63) is 54.1 Å². The molecule has 0 atom stereocenters. The topological polar surface area (TPSA) is 20.2 Å². The van der Waals surface area contributed by atoms with Crippen LogP contribution in [0.25, 0.3) is 11.1 Å². The third kappa shape index (κ3) is 5.32. The van der Waals surface area contributed by atoms with E-state index < -0.39 is 8.07 Å². The van der Waals surface area contributed by atoms with Gasteiger partial charge in [-0.3, -0.25) is 0 Å². The summed E-state index contributed by atoms with van der Waals surface area (Å²) >= 11 is 0. The standard InChI is InChI=1S/C22H32OSi/c1-4-5-6-8-19-9-11-20(12-10-19)21-13-15-22(16-14-21)24(2,3)18-7-17-23/h9-16,23H,4-8,17-18H2,1-3H3. The van der Waals surface area contributed by atoms with Gasteiger partial charge < -0.3 is 5.11 Å². The summed E-state index contributed by atoms with van der Waals surface area (Å²) in [6.45, 7) is 7.34. The Labute approximate surface area is 148 Å². The third-order valence-electron chi connectivity index (χ3n) is 4.98. The molecule has 2 aromatic carbocycles. The van der Waals surface area contributed by atoms with E-state index in [2.05, 4.69) is 68.5 Å². The van der Waals surface area contributed by atoms with Crippen molar-refractivity contribution in [3.8, 4) is 11.1 Å². The molecule has 0 radical (unpaired) electrons. The summed E-state index contributed by atoms with van der Waals surface area (Å²) in [5, 5.41) is 10.6. The van der Waals surface area contributed by atoms with E-state index in [1.165, 1.54) is 47.6 Å². The minimum Gasteiger partial charge on any atom is -0.396 e. The van der Waals surface area contributed by atoms with Crippen LogP contribution in [-0.4, -0.2) is 19.8 Å². The first-order valence-corrected chi connectivity index (χ1v) is 12.6. The Bertz CT molecular complexity index is 599. The first-order valence-electron chi connectivity index (χ1n) is 9.37. The predicted octanol–water partition coefficient (Wildman–Crippen LogP) is 5.38. The van der Waals surface area contributed by atoms with Gasteiger partial charge in [0.2, 0.25) is 0 Å². The monoisotopic (exact) mass is 340 g/mol. The van der Waals surface area contributed by atoms with E-state index in [0.29, 0.717) is 6.61 Å². The van der Waals surface area contributed by atoms with E-state index in [9.17, 15) is 0 Å². The van der Waals surface area contributed by atoms with Gasteiger partial charge in [-0.15, -0.1) is 0 Å². The number of unbranched alkanes of at least 4 members (excludes halogenated alkanes) is 2. The fourth-order valence-electron chi connectivity index (χ4n) is 3.22. The van der Waals surface area contributed by atoms with Gasteiger partial charge in [0, 0.05) is 6.61 Å². The minimum absolute atomic E-state index is 0.305. The van der Waals surface area contributed by atoms with Gasteiger partial charge in [0.05, 0.1) is 8.07 Å². The molecule has 0 saturated heterocycles. The van der Waals surface area contributed by atoms with E-state index >= 15 is 0 Å². The van der Waals surface area contributed by atoms with Crippen LogP contribution in [0, 0.1) is 0 Å². The Morgan fingerprint density at radius 1 is 0.792 bits per heavy atom. The normalized spacial score (nSPS) is 11.7. The predicted molar refractivity (Wildman–Crippen MR) is 109 cm³/mol. The van der Waals surface area contributed by atoms with E-state index in [-0.39, 0.29) is 0 Å². The molecule has 0 spiro atoms. The number of aryl methyl sites for hydroxylation is 1. The molecule has 2 aromatic rings. The van der Waals surface area contributed by atoms with Crippen LogP contribution in [0.3, 0.4) is 0 Å². The SMILES string of the molecule is CCCCCc1ccc(-c2ccc([Si](C)(C)CCCO)cc2)cc1. The van der Waals surface area contributed by atoms with E-state index in [4.69, 9.17) is 5.11 Å². The first kappa shape index (κ1) is 18.9. The van der Waals surface area contributed by atoms with Gasteiger partial charge in [0.15, 0.2) is 0 Å². The molecule has 24 heavy (non-hydrogen) atoms. The molecule has 0 fully saturated rings. The molecule has 1 nitrogen and oxygen atoms in total. The second kappa shape index (κ2) is 9.19. The number of rotatable bonds is 9. The number of hydrogen-bond donors (Lipinski definition) is 1. The van der Waals surface area contributed by atoms with Gasteiger partial charge in [-0.1, -0.05) is 92.6 Å². The highest BCUT2D eigenvalue weighted by atomic mass is 28.3. The van der Waals surface area contributed by atoms with Crippen molar-refractivity contribution >= 4 is 13.3 Å². The highest BCUT2D eigenvalue weighted by molar-refractivity contribution is 6.89. The molecule has 0 saturated carbocycles. The van der Waals surface area contributed by atoms with Crippen LogP contribution in [0.15, 0.2) is 48.5 Å². The van der Waals surface area contributed by atoms with Crippen molar-refractivity contribution in [2.75, 3.05) is 6.61 Å². The zero-order valence-electron chi connectivity index (χ0n) is 15.5. The molecule has 0 bridgehead atoms. The lowest BCUT2D eigenvalue weighted by molar-refractivity contribution is 0.294. The fraction of sp³-hybridized carbons (Fsp3) is 0.455. The van der Waals surface area contributed by atoms with Gasteiger partial charge in [0.25, 0.3) is 0 Å². The largest absolute Gasteiger partial charge is 0.396 e. The summed E-state index contributed by atoms with van der Waals surface area (Å²) in [6.07, 6.45) is 6.00. The van der Waals surface area contributed by atoms with Crippen LogP contribution in [0.4, 0.5) is 0 Å². The Balaban J connectivity index is 2.05. The minimum atomic E-state index is -1.41. The maximum atomic E-state index is 9.08. The van der Waals surface area contributed by atoms with Gasteiger partial charge >= 0.3 is 0 Å². The summed E-state index contributed by atoms with van der Waals surface area (Å²) in [4.78, 5) is 0. The van der Waals surface area contributed by atoms with Crippen LogP contribution >= 0.6 is 0 Å². The molecule has 2 heteroatoms. The molecular weight excluding hydrogens is 308 g/mol.